The zero-order chi connectivity index (χ0) is 12.0. The van der Waals surface area contributed by atoms with Gasteiger partial charge in [-0.1, -0.05) is 30.7 Å². The van der Waals surface area contributed by atoms with Crippen LogP contribution in [0, 0.1) is 0 Å². The van der Waals surface area contributed by atoms with Gasteiger partial charge in [0.2, 0.25) is 0 Å². The molecule has 1 aromatic carbocycles. The summed E-state index contributed by atoms with van der Waals surface area (Å²) in [5.41, 5.74) is 1.15. The molecule has 88 valence electrons. The van der Waals surface area contributed by atoms with Crippen molar-refractivity contribution < 1.29 is 9.90 Å². The molecule has 1 rings (SSSR count). The molecule has 1 aromatic rings. The van der Waals surface area contributed by atoms with Gasteiger partial charge < -0.3 is 5.11 Å². The molecule has 0 bridgehead atoms. The number of carbonyl (C=O) groups is 1. The molecule has 0 aliphatic carbocycles. The fourth-order valence-corrected chi connectivity index (χ4v) is 1.58. The Bertz CT molecular complexity index is 337. The summed E-state index contributed by atoms with van der Waals surface area (Å²) in [6, 6.07) is 7.63. The number of hydrogen-bond donors (Lipinski definition) is 1. The lowest BCUT2D eigenvalue weighted by atomic mass is 10.2. The highest BCUT2D eigenvalue weighted by molar-refractivity contribution is 6.30. The fourth-order valence-electron chi connectivity index (χ4n) is 1.45. The van der Waals surface area contributed by atoms with Crippen molar-refractivity contribution in [3.05, 3.63) is 34.9 Å². The molecule has 0 saturated carbocycles. The Morgan fingerprint density at radius 3 is 2.50 bits per heavy atom. The van der Waals surface area contributed by atoms with Crippen LogP contribution in [0.2, 0.25) is 5.02 Å². The third-order valence-corrected chi connectivity index (χ3v) is 2.66. The van der Waals surface area contributed by atoms with Crippen LogP contribution in [0.5, 0.6) is 0 Å². The van der Waals surface area contributed by atoms with Gasteiger partial charge in [0.25, 0.3) is 0 Å². The van der Waals surface area contributed by atoms with E-state index in [-0.39, 0.29) is 6.42 Å². The summed E-state index contributed by atoms with van der Waals surface area (Å²) in [4.78, 5) is 12.6. The van der Waals surface area contributed by atoms with E-state index < -0.39 is 5.97 Å². The van der Waals surface area contributed by atoms with Gasteiger partial charge in [0.15, 0.2) is 0 Å². The lowest BCUT2D eigenvalue weighted by molar-refractivity contribution is -0.137. The van der Waals surface area contributed by atoms with Crippen LogP contribution in [0.25, 0.3) is 0 Å². The van der Waals surface area contributed by atoms with E-state index in [2.05, 4.69) is 4.90 Å². The van der Waals surface area contributed by atoms with Crippen LogP contribution in [0.15, 0.2) is 24.3 Å². The average molecular weight is 242 g/mol. The molecule has 0 aliphatic rings. The lowest BCUT2D eigenvalue weighted by Crippen LogP contribution is -2.25. The van der Waals surface area contributed by atoms with Gasteiger partial charge in [-0.05, 0) is 24.2 Å². The van der Waals surface area contributed by atoms with Crippen LogP contribution in [0.1, 0.15) is 18.9 Å². The first-order valence-electron chi connectivity index (χ1n) is 5.30. The third kappa shape index (κ3) is 4.64. The van der Waals surface area contributed by atoms with Gasteiger partial charge in [-0.15, -0.1) is 0 Å². The number of rotatable bonds is 6. The monoisotopic (exact) mass is 241 g/mol. The van der Waals surface area contributed by atoms with Crippen molar-refractivity contribution in [3.8, 4) is 0 Å². The molecular formula is C12H16ClNO2. The predicted octanol–water partition coefficient (Wildman–Crippen LogP) is 2.64. The number of carboxylic acid groups (broad SMARTS) is 1. The van der Waals surface area contributed by atoms with Gasteiger partial charge in [0.05, 0.1) is 6.42 Å². The maximum absolute atomic E-state index is 10.5. The second-order valence-electron chi connectivity index (χ2n) is 3.64. The number of nitrogens with zero attached hydrogens (tertiary/aromatic N) is 1. The van der Waals surface area contributed by atoms with Crippen molar-refractivity contribution in [1.29, 1.82) is 0 Å². The van der Waals surface area contributed by atoms with Gasteiger partial charge in [0, 0.05) is 18.1 Å². The molecular weight excluding hydrogens is 226 g/mol. The molecule has 1 N–H and O–H groups in total. The summed E-state index contributed by atoms with van der Waals surface area (Å²) in [6.45, 7) is 4.21. The first kappa shape index (κ1) is 13.0. The van der Waals surface area contributed by atoms with Crippen LogP contribution in [0.4, 0.5) is 0 Å². The Morgan fingerprint density at radius 2 is 2.00 bits per heavy atom. The number of halogens is 1. The van der Waals surface area contributed by atoms with E-state index in [9.17, 15) is 4.79 Å². The van der Waals surface area contributed by atoms with E-state index in [1.54, 1.807) is 0 Å². The molecule has 0 radical (unpaired) electrons. The Labute approximate surface area is 101 Å². The summed E-state index contributed by atoms with van der Waals surface area (Å²) in [7, 11) is 0. The molecule has 0 aliphatic heterocycles. The number of aliphatic carboxylic acids is 1. The first-order chi connectivity index (χ1) is 7.61. The number of carboxylic acids is 1. The van der Waals surface area contributed by atoms with E-state index in [0.29, 0.717) is 6.54 Å². The highest BCUT2D eigenvalue weighted by Gasteiger charge is 2.06. The third-order valence-electron chi connectivity index (χ3n) is 2.41. The topological polar surface area (TPSA) is 40.5 Å². The van der Waals surface area contributed by atoms with Crippen molar-refractivity contribution >= 4 is 17.6 Å². The van der Waals surface area contributed by atoms with Crippen molar-refractivity contribution in [3.63, 3.8) is 0 Å². The van der Waals surface area contributed by atoms with Gasteiger partial charge in [-0.25, -0.2) is 0 Å². The van der Waals surface area contributed by atoms with Crippen molar-refractivity contribution in [2.45, 2.75) is 19.9 Å². The molecule has 0 atom stereocenters. The normalized spacial score (nSPS) is 10.7. The quantitative estimate of drug-likeness (QED) is 0.833. The molecule has 0 saturated heterocycles. The minimum absolute atomic E-state index is 0.182. The summed E-state index contributed by atoms with van der Waals surface area (Å²) < 4.78 is 0. The maximum Gasteiger partial charge on any atom is 0.304 e. The molecule has 0 amide bonds. The Balaban J connectivity index is 2.49. The predicted molar refractivity (Wildman–Crippen MR) is 64.7 cm³/mol. The highest BCUT2D eigenvalue weighted by Crippen LogP contribution is 2.11. The Hall–Kier alpha value is -1.06. The average Bonchev–Trinajstić information content (AvgIpc) is 2.26. The molecule has 16 heavy (non-hydrogen) atoms. The van der Waals surface area contributed by atoms with Gasteiger partial charge in [-0.2, -0.15) is 0 Å². The van der Waals surface area contributed by atoms with E-state index >= 15 is 0 Å². The molecule has 0 unspecified atom stereocenters. The van der Waals surface area contributed by atoms with Gasteiger partial charge >= 0.3 is 5.97 Å². The molecule has 0 aromatic heterocycles. The number of benzene rings is 1. The molecule has 0 spiro atoms. The van der Waals surface area contributed by atoms with Crippen molar-refractivity contribution in [2.24, 2.45) is 0 Å². The number of hydrogen-bond acceptors (Lipinski definition) is 2. The van der Waals surface area contributed by atoms with Gasteiger partial charge in [-0.3, -0.25) is 9.69 Å². The Morgan fingerprint density at radius 1 is 1.38 bits per heavy atom. The summed E-state index contributed by atoms with van der Waals surface area (Å²) in [6.07, 6.45) is 0.182. The highest BCUT2D eigenvalue weighted by atomic mass is 35.5. The van der Waals surface area contributed by atoms with Crippen LogP contribution in [0.3, 0.4) is 0 Å². The summed E-state index contributed by atoms with van der Waals surface area (Å²) in [5.74, 6) is -0.755. The van der Waals surface area contributed by atoms with Crippen LogP contribution in [-0.2, 0) is 11.3 Å². The van der Waals surface area contributed by atoms with Crippen LogP contribution in [-0.4, -0.2) is 29.1 Å². The first-order valence-corrected chi connectivity index (χ1v) is 5.68. The van der Waals surface area contributed by atoms with Crippen molar-refractivity contribution in [1.82, 2.24) is 4.90 Å². The van der Waals surface area contributed by atoms with Crippen LogP contribution < -0.4 is 0 Å². The van der Waals surface area contributed by atoms with E-state index in [1.807, 2.05) is 31.2 Å². The van der Waals surface area contributed by atoms with Crippen LogP contribution >= 0.6 is 11.6 Å². The second kappa shape index (κ2) is 6.51. The lowest BCUT2D eigenvalue weighted by Gasteiger charge is -2.19. The fraction of sp³-hybridized carbons (Fsp3) is 0.417. The summed E-state index contributed by atoms with van der Waals surface area (Å²) in [5, 5.41) is 9.34. The zero-order valence-corrected chi connectivity index (χ0v) is 10.1. The van der Waals surface area contributed by atoms with Gasteiger partial charge in [0.1, 0.15) is 0 Å². The smallest absolute Gasteiger partial charge is 0.304 e. The minimum atomic E-state index is -0.755. The standard InChI is InChI=1S/C12H16ClNO2/c1-2-14(8-7-12(15)16)9-10-3-5-11(13)6-4-10/h3-6H,2,7-9H2,1H3,(H,15,16). The van der Waals surface area contributed by atoms with E-state index in [1.165, 1.54) is 0 Å². The minimum Gasteiger partial charge on any atom is -0.481 e. The zero-order valence-electron chi connectivity index (χ0n) is 9.32. The van der Waals surface area contributed by atoms with E-state index in [0.717, 1.165) is 23.7 Å². The summed E-state index contributed by atoms with van der Waals surface area (Å²) >= 11 is 5.79. The molecule has 0 heterocycles. The molecule has 4 heteroatoms. The van der Waals surface area contributed by atoms with Crippen molar-refractivity contribution in [2.75, 3.05) is 13.1 Å². The SMILES string of the molecule is CCN(CCC(=O)O)Cc1ccc(Cl)cc1. The second-order valence-corrected chi connectivity index (χ2v) is 4.08. The largest absolute Gasteiger partial charge is 0.481 e. The Kier molecular flexibility index (Phi) is 5.29. The molecule has 3 nitrogen and oxygen atoms in total. The van der Waals surface area contributed by atoms with E-state index in [4.69, 9.17) is 16.7 Å². The maximum atomic E-state index is 10.5. The molecule has 0 fully saturated rings.